The van der Waals surface area contributed by atoms with Gasteiger partial charge in [0.1, 0.15) is 0 Å². The SMILES string of the molecule is C=C(C)N(C)CCCCCCCCCCCC. The van der Waals surface area contributed by atoms with Crippen LogP contribution in [0.15, 0.2) is 12.3 Å². The van der Waals surface area contributed by atoms with Gasteiger partial charge in [-0.3, -0.25) is 0 Å². The fraction of sp³-hybridized carbons (Fsp3) is 0.875. The largest absolute Gasteiger partial charge is 0.379 e. The van der Waals surface area contributed by atoms with E-state index in [2.05, 4.69) is 32.4 Å². The third-order valence-electron chi connectivity index (χ3n) is 3.50. The molecule has 0 rings (SSSR count). The van der Waals surface area contributed by atoms with Gasteiger partial charge in [0.2, 0.25) is 0 Å². The quantitative estimate of drug-likeness (QED) is 0.414. The van der Waals surface area contributed by atoms with Crippen LogP contribution in [-0.2, 0) is 0 Å². The Labute approximate surface area is 109 Å². The highest BCUT2D eigenvalue weighted by Crippen LogP contribution is 2.11. The van der Waals surface area contributed by atoms with E-state index >= 15 is 0 Å². The normalized spacial score (nSPS) is 10.5. The molecule has 17 heavy (non-hydrogen) atoms. The summed E-state index contributed by atoms with van der Waals surface area (Å²) in [6.45, 7) is 9.48. The van der Waals surface area contributed by atoms with Gasteiger partial charge in [-0.2, -0.15) is 0 Å². The third-order valence-corrected chi connectivity index (χ3v) is 3.50. The monoisotopic (exact) mass is 239 g/mol. The molecule has 0 atom stereocenters. The summed E-state index contributed by atoms with van der Waals surface area (Å²) in [5.74, 6) is 0. The summed E-state index contributed by atoms with van der Waals surface area (Å²) in [7, 11) is 2.13. The molecule has 0 unspecified atom stereocenters. The number of nitrogens with zero attached hydrogens (tertiary/aromatic N) is 1. The Bertz CT molecular complexity index is 174. The average Bonchev–Trinajstić information content (AvgIpc) is 2.31. The van der Waals surface area contributed by atoms with E-state index in [4.69, 9.17) is 0 Å². The minimum Gasteiger partial charge on any atom is -0.379 e. The number of rotatable bonds is 12. The molecule has 0 aromatic carbocycles. The van der Waals surface area contributed by atoms with Crippen LogP contribution >= 0.6 is 0 Å². The van der Waals surface area contributed by atoms with Crippen molar-refractivity contribution in [2.45, 2.75) is 78.1 Å². The minimum absolute atomic E-state index is 1.17. The number of hydrogen-bond donors (Lipinski definition) is 0. The van der Waals surface area contributed by atoms with Crippen molar-refractivity contribution in [3.8, 4) is 0 Å². The molecule has 0 radical (unpaired) electrons. The summed E-state index contributed by atoms with van der Waals surface area (Å²) < 4.78 is 0. The summed E-state index contributed by atoms with van der Waals surface area (Å²) >= 11 is 0. The zero-order valence-electron chi connectivity index (χ0n) is 12.4. The summed E-state index contributed by atoms with van der Waals surface area (Å²) in [4.78, 5) is 2.25. The Kier molecular flexibility index (Phi) is 11.7. The molecular formula is C16H33N. The Balaban J connectivity index is 3.06. The molecular weight excluding hydrogens is 206 g/mol. The van der Waals surface area contributed by atoms with E-state index in [9.17, 15) is 0 Å². The fourth-order valence-electron chi connectivity index (χ4n) is 2.03. The van der Waals surface area contributed by atoms with Crippen molar-refractivity contribution in [1.82, 2.24) is 4.90 Å². The van der Waals surface area contributed by atoms with Gasteiger partial charge in [-0.15, -0.1) is 0 Å². The zero-order valence-corrected chi connectivity index (χ0v) is 12.4. The number of allylic oxidation sites excluding steroid dienone is 1. The molecule has 0 bridgehead atoms. The second-order valence-electron chi connectivity index (χ2n) is 5.34. The first-order valence-electron chi connectivity index (χ1n) is 7.55. The molecule has 0 aromatic rings. The van der Waals surface area contributed by atoms with Crippen LogP contribution < -0.4 is 0 Å². The lowest BCUT2D eigenvalue weighted by Gasteiger charge is -2.18. The molecule has 0 saturated carbocycles. The zero-order chi connectivity index (χ0) is 12.9. The van der Waals surface area contributed by atoms with E-state index < -0.39 is 0 Å². The van der Waals surface area contributed by atoms with Crippen molar-refractivity contribution in [2.75, 3.05) is 13.6 Å². The Morgan fingerprint density at radius 2 is 1.24 bits per heavy atom. The first kappa shape index (κ1) is 16.5. The van der Waals surface area contributed by atoms with Crippen LogP contribution in [-0.4, -0.2) is 18.5 Å². The van der Waals surface area contributed by atoms with Crippen LogP contribution in [0.3, 0.4) is 0 Å². The van der Waals surface area contributed by atoms with Gasteiger partial charge in [0.25, 0.3) is 0 Å². The predicted molar refractivity (Wildman–Crippen MR) is 79.3 cm³/mol. The van der Waals surface area contributed by atoms with E-state index in [0.29, 0.717) is 0 Å². The fourth-order valence-corrected chi connectivity index (χ4v) is 2.03. The third kappa shape index (κ3) is 11.8. The lowest BCUT2D eigenvalue weighted by atomic mass is 10.1. The Morgan fingerprint density at radius 3 is 1.65 bits per heavy atom. The van der Waals surface area contributed by atoms with E-state index in [0.717, 1.165) is 0 Å². The highest BCUT2D eigenvalue weighted by atomic mass is 15.1. The molecule has 0 aliphatic rings. The highest BCUT2D eigenvalue weighted by molar-refractivity contribution is 4.85. The van der Waals surface area contributed by atoms with Crippen molar-refractivity contribution in [2.24, 2.45) is 0 Å². The van der Waals surface area contributed by atoms with Crippen molar-refractivity contribution in [1.29, 1.82) is 0 Å². The average molecular weight is 239 g/mol. The van der Waals surface area contributed by atoms with Crippen LogP contribution in [0, 0.1) is 0 Å². The predicted octanol–water partition coefficient (Wildman–Crippen LogP) is 5.37. The molecule has 0 aromatic heterocycles. The topological polar surface area (TPSA) is 3.24 Å². The molecule has 0 aliphatic carbocycles. The first-order valence-corrected chi connectivity index (χ1v) is 7.55. The summed E-state index contributed by atoms with van der Waals surface area (Å²) in [5.41, 5.74) is 1.18. The smallest absolute Gasteiger partial charge is 0.0171 e. The van der Waals surface area contributed by atoms with Crippen molar-refractivity contribution in [3.05, 3.63) is 12.3 Å². The lowest BCUT2D eigenvalue weighted by Crippen LogP contribution is -2.16. The number of hydrogen-bond acceptors (Lipinski definition) is 1. The molecule has 0 aliphatic heterocycles. The van der Waals surface area contributed by atoms with E-state index in [1.165, 1.54) is 76.5 Å². The molecule has 0 spiro atoms. The second kappa shape index (κ2) is 12.0. The second-order valence-corrected chi connectivity index (χ2v) is 5.34. The maximum absolute atomic E-state index is 3.94. The van der Waals surface area contributed by atoms with Crippen LogP contribution in [0.2, 0.25) is 0 Å². The summed E-state index contributed by atoms with van der Waals surface area (Å²) in [5, 5.41) is 0. The van der Waals surface area contributed by atoms with Gasteiger partial charge in [0, 0.05) is 19.3 Å². The van der Waals surface area contributed by atoms with Gasteiger partial charge < -0.3 is 4.90 Å². The molecule has 0 fully saturated rings. The van der Waals surface area contributed by atoms with Gasteiger partial charge in [0.15, 0.2) is 0 Å². The van der Waals surface area contributed by atoms with Gasteiger partial charge in [-0.1, -0.05) is 71.3 Å². The standard InChI is InChI=1S/C16H33N/c1-5-6-7-8-9-10-11-12-13-14-15-17(4)16(2)3/h2,5-15H2,1,3-4H3. The Hall–Kier alpha value is -0.460. The minimum atomic E-state index is 1.17. The van der Waals surface area contributed by atoms with Crippen LogP contribution in [0.25, 0.3) is 0 Å². The van der Waals surface area contributed by atoms with Gasteiger partial charge in [0.05, 0.1) is 0 Å². The molecule has 0 amide bonds. The van der Waals surface area contributed by atoms with Crippen LogP contribution in [0.1, 0.15) is 78.1 Å². The van der Waals surface area contributed by atoms with Crippen LogP contribution in [0.4, 0.5) is 0 Å². The van der Waals surface area contributed by atoms with E-state index in [1.54, 1.807) is 0 Å². The van der Waals surface area contributed by atoms with Crippen LogP contribution in [0.5, 0.6) is 0 Å². The highest BCUT2D eigenvalue weighted by Gasteiger charge is 1.96. The van der Waals surface area contributed by atoms with Crippen molar-refractivity contribution in [3.63, 3.8) is 0 Å². The number of unbranched alkanes of at least 4 members (excludes halogenated alkanes) is 9. The van der Waals surface area contributed by atoms with Crippen molar-refractivity contribution < 1.29 is 0 Å². The van der Waals surface area contributed by atoms with E-state index in [-0.39, 0.29) is 0 Å². The first-order chi connectivity index (χ1) is 8.18. The van der Waals surface area contributed by atoms with E-state index in [1.807, 2.05) is 0 Å². The molecule has 1 nitrogen and oxygen atoms in total. The molecule has 0 heterocycles. The molecule has 1 heteroatoms. The Morgan fingerprint density at radius 1 is 0.824 bits per heavy atom. The van der Waals surface area contributed by atoms with Gasteiger partial charge >= 0.3 is 0 Å². The lowest BCUT2D eigenvalue weighted by molar-refractivity contribution is 0.399. The summed E-state index contributed by atoms with van der Waals surface area (Å²) in [6.07, 6.45) is 14.1. The summed E-state index contributed by atoms with van der Waals surface area (Å²) in [6, 6.07) is 0. The maximum Gasteiger partial charge on any atom is 0.0171 e. The molecule has 0 saturated heterocycles. The van der Waals surface area contributed by atoms with Crippen molar-refractivity contribution >= 4 is 0 Å². The molecule has 102 valence electrons. The maximum atomic E-state index is 3.94. The van der Waals surface area contributed by atoms with Gasteiger partial charge in [-0.05, 0) is 13.3 Å². The van der Waals surface area contributed by atoms with Gasteiger partial charge in [-0.25, -0.2) is 0 Å². The molecule has 0 N–H and O–H groups in total.